The summed E-state index contributed by atoms with van der Waals surface area (Å²) < 4.78 is 0. The third-order valence-electron chi connectivity index (χ3n) is 6.52. The molecule has 0 radical (unpaired) electrons. The first-order valence-electron chi connectivity index (χ1n) is 6.07. The molecule has 0 saturated heterocycles. The first-order chi connectivity index (χ1) is 6.07. The minimum Gasteiger partial charge on any atom is -0.0602 e. The Hall–Kier alpha value is 0. The Morgan fingerprint density at radius 1 is 0.846 bits per heavy atom. The average Bonchev–Trinajstić information content (AvgIpc) is 2.02. The van der Waals surface area contributed by atoms with Crippen molar-refractivity contribution in [1.29, 1.82) is 0 Å². The van der Waals surface area contributed by atoms with Gasteiger partial charge in [0, 0.05) is 0 Å². The summed E-state index contributed by atoms with van der Waals surface area (Å²) in [4.78, 5) is 0. The van der Waals surface area contributed by atoms with E-state index in [-0.39, 0.29) is 0 Å². The van der Waals surface area contributed by atoms with Gasteiger partial charge in [0.15, 0.2) is 0 Å². The Kier molecular flexibility index (Phi) is 0.626. The fourth-order valence-corrected chi connectivity index (χ4v) is 6.94. The Balaban J connectivity index is 1.53. The van der Waals surface area contributed by atoms with Crippen molar-refractivity contribution in [2.75, 3.05) is 0 Å². The van der Waals surface area contributed by atoms with Crippen LogP contribution in [0.1, 0.15) is 27.2 Å². The van der Waals surface area contributed by atoms with Gasteiger partial charge in [0.25, 0.3) is 0 Å². The van der Waals surface area contributed by atoms with E-state index in [2.05, 4.69) is 20.8 Å². The fourth-order valence-electron chi connectivity index (χ4n) is 6.94. The lowest BCUT2D eigenvalue weighted by atomic mass is 8.96. The van der Waals surface area contributed by atoms with Gasteiger partial charge in [-0.2, -0.15) is 0 Å². The van der Waals surface area contributed by atoms with E-state index in [0.717, 1.165) is 5.41 Å². The van der Waals surface area contributed by atoms with Gasteiger partial charge in [-0.3, -0.25) is 0 Å². The highest BCUT2D eigenvalue weighted by molar-refractivity contribution is 5.50. The van der Waals surface area contributed by atoms with Crippen molar-refractivity contribution in [2.24, 2.45) is 52.3 Å². The summed E-state index contributed by atoms with van der Waals surface area (Å²) in [5, 5.41) is 0. The molecule has 6 fully saturated rings. The smallest absolute Gasteiger partial charge is 0.0191 e. The molecule has 0 atom stereocenters. The van der Waals surface area contributed by atoms with Gasteiger partial charge in [-0.1, -0.05) is 20.8 Å². The molecule has 0 unspecified atom stereocenters. The second-order valence-electron chi connectivity index (χ2n) is 7.74. The van der Waals surface area contributed by atoms with Crippen molar-refractivity contribution in [1.82, 2.24) is 0 Å². The largest absolute Gasteiger partial charge is 0.0602 e. The topological polar surface area (TPSA) is 0 Å². The number of hydrogen-bond acceptors (Lipinski definition) is 0. The molecule has 6 aliphatic rings. The predicted molar refractivity (Wildman–Crippen MR) is 50.9 cm³/mol. The molecule has 70 valence electrons. The van der Waals surface area contributed by atoms with Crippen molar-refractivity contribution in [3.05, 3.63) is 0 Å². The highest BCUT2D eigenvalue weighted by Crippen LogP contribution is 3.06. The van der Waals surface area contributed by atoms with Crippen molar-refractivity contribution in [3.8, 4) is 0 Å². The molecule has 6 rings (SSSR count). The summed E-state index contributed by atoms with van der Waals surface area (Å²) in [6.07, 6.45) is 1.55. The van der Waals surface area contributed by atoms with E-state index in [1.165, 1.54) is 41.4 Å². The fraction of sp³-hybridized carbons (Fsp3) is 1.00. The molecule has 0 aromatic rings. The summed E-state index contributed by atoms with van der Waals surface area (Å²) in [5.41, 5.74) is 1.55. The molecule has 0 aromatic heterocycles. The molecule has 0 heteroatoms. The predicted octanol–water partition coefficient (Wildman–Crippen LogP) is 2.79. The molecular formula is C13H18. The monoisotopic (exact) mass is 174 g/mol. The summed E-state index contributed by atoms with van der Waals surface area (Å²) in [5.74, 6) is 8.92. The second-order valence-corrected chi connectivity index (χ2v) is 7.74. The first-order valence-corrected chi connectivity index (χ1v) is 6.07. The van der Waals surface area contributed by atoms with Crippen molar-refractivity contribution in [2.45, 2.75) is 27.2 Å². The maximum atomic E-state index is 2.44. The van der Waals surface area contributed by atoms with E-state index in [9.17, 15) is 0 Å². The molecule has 0 spiro atoms. The third kappa shape index (κ3) is 0.333. The maximum Gasteiger partial charge on any atom is -0.0191 e. The molecule has 13 heavy (non-hydrogen) atoms. The molecule has 6 aliphatic carbocycles. The van der Waals surface area contributed by atoms with Crippen LogP contribution in [-0.2, 0) is 0 Å². The van der Waals surface area contributed by atoms with Gasteiger partial charge in [-0.25, -0.2) is 0 Å². The Morgan fingerprint density at radius 3 is 1.69 bits per heavy atom. The summed E-state index contributed by atoms with van der Waals surface area (Å²) >= 11 is 0. The minimum atomic E-state index is 0.597. The Labute approximate surface area is 80.1 Å². The highest BCUT2D eigenvalue weighted by Gasteiger charge is 3.03. The Bertz CT molecular complexity index is 282. The van der Waals surface area contributed by atoms with Gasteiger partial charge >= 0.3 is 0 Å². The van der Waals surface area contributed by atoms with Crippen LogP contribution < -0.4 is 0 Å². The molecule has 6 saturated carbocycles. The van der Waals surface area contributed by atoms with Crippen molar-refractivity contribution in [3.63, 3.8) is 0 Å². The quantitative estimate of drug-likeness (QED) is 0.573. The molecule has 0 heterocycles. The highest BCUT2D eigenvalue weighted by atomic mass is 15.1. The number of rotatable bonds is 1. The van der Waals surface area contributed by atoms with E-state index in [1.807, 2.05) is 0 Å². The van der Waals surface area contributed by atoms with Crippen molar-refractivity contribution >= 4 is 0 Å². The standard InChI is InChI=1S/C13H18/c1-12(2,3)4-13-9-6-5-7(9)11(13)8(5)10(6)13/h5-11H,4H2,1-3H3. The van der Waals surface area contributed by atoms with Crippen LogP contribution in [0.3, 0.4) is 0 Å². The Morgan fingerprint density at radius 2 is 1.31 bits per heavy atom. The summed E-state index contributed by atoms with van der Waals surface area (Å²) in [7, 11) is 0. The van der Waals surface area contributed by atoms with Crippen LogP contribution in [0, 0.1) is 52.3 Å². The van der Waals surface area contributed by atoms with E-state index in [0.29, 0.717) is 5.41 Å². The van der Waals surface area contributed by atoms with Crippen LogP contribution in [0.15, 0.2) is 0 Å². The third-order valence-corrected chi connectivity index (χ3v) is 6.52. The van der Waals surface area contributed by atoms with E-state index in [1.54, 1.807) is 6.42 Å². The van der Waals surface area contributed by atoms with Gasteiger partial charge in [0.1, 0.15) is 0 Å². The summed E-state index contributed by atoms with van der Waals surface area (Å²) in [6.45, 7) is 7.32. The van der Waals surface area contributed by atoms with Crippen LogP contribution in [0.2, 0.25) is 0 Å². The van der Waals surface area contributed by atoms with Crippen LogP contribution in [0.4, 0.5) is 0 Å². The van der Waals surface area contributed by atoms with Crippen LogP contribution in [0.5, 0.6) is 0 Å². The minimum absolute atomic E-state index is 0.597. The SMILES string of the molecule is CC(C)(C)CC12C3C4C5C3C1C5C42. The van der Waals surface area contributed by atoms with Crippen molar-refractivity contribution < 1.29 is 0 Å². The molecular weight excluding hydrogens is 156 g/mol. The first kappa shape index (κ1) is 6.48. The lowest BCUT2D eigenvalue weighted by molar-refractivity contribution is -0.618. The molecule has 0 N–H and O–H groups in total. The van der Waals surface area contributed by atoms with Gasteiger partial charge < -0.3 is 0 Å². The zero-order valence-corrected chi connectivity index (χ0v) is 8.75. The zero-order valence-electron chi connectivity index (χ0n) is 8.75. The van der Waals surface area contributed by atoms with E-state index < -0.39 is 0 Å². The van der Waals surface area contributed by atoms with Crippen LogP contribution in [-0.4, -0.2) is 0 Å². The van der Waals surface area contributed by atoms with Crippen LogP contribution in [0.25, 0.3) is 0 Å². The molecule has 0 bridgehead atoms. The second kappa shape index (κ2) is 1.26. The number of hydrogen-bond donors (Lipinski definition) is 0. The van der Waals surface area contributed by atoms with Crippen LogP contribution >= 0.6 is 0 Å². The summed E-state index contributed by atoms with van der Waals surface area (Å²) in [6, 6.07) is 0. The average molecular weight is 174 g/mol. The lowest BCUT2D eigenvalue weighted by Gasteiger charge is -3.08. The molecule has 0 aromatic carbocycles. The normalized spacial score (nSPS) is 78.2. The van der Waals surface area contributed by atoms with Gasteiger partial charge in [0.05, 0.1) is 0 Å². The molecule has 0 nitrogen and oxygen atoms in total. The van der Waals surface area contributed by atoms with E-state index in [4.69, 9.17) is 0 Å². The van der Waals surface area contributed by atoms with E-state index >= 15 is 0 Å². The zero-order chi connectivity index (χ0) is 8.75. The molecule has 0 amide bonds. The molecule has 0 aliphatic heterocycles. The van der Waals surface area contributed by atoms with Gasteiger partial charge in [0.2, 0.25) is 0 Å². The van der Waals surface area contributed by atoms with Gasteiger partial charge in [-0.15, -0.1) is 0 Å². The van der Waals surface area contributed by atoms with Gasteiger partial charge in [-0.05, 0) is 58.7 Å². The maximum absolute atomic E-state index is 2.44. The lowest BCUT2D eigenvalue weighted by Crippen LogP contribution is -3.05.